The molecular weight excluding hydrogens is 264 g/mol. The van der Waals surface area contributed by atoms with Gasteiger partial charge in [0.15, 0.2) is 0 Å². The Morgan fingerprint density at radius 1 is 1.53 bits per heavy atom. The number of halogens is 1. The van der Waals surface area contributed by atoms with E-state index in [1.807, 2.05) is 13.0 Å². The van der Waals surface area contributed by atoms with Crippen LogP contribution < -0.4 is 5.32 Å². The lowest BCUT2D eigenvalue weighted by molar-refractivity contribution is 0.102. The lowest BCUT2D eigenvalue weighted by Gasteiger charge is -2.07. The fraction of sp³-hybridized carbons (Fsp3) is 0.154. The largest absolute Gasteiger partial charge is 0.306 e. The lowest BCUT2D eigenvalue weighted by atomic mass is 10.1. The molecule has 2 aromatic rings. The number of carbonyl (C=O) groups excluding carboxylic acids is 1. The first kappa shape index (κ1) is 13.1. The SMILES string of the molecule is Cc1cc(C(=O)Nc2c(C#N)cnn2C)ccc1Cl. The van der Waals surface area contributed by atoms with E-state index in [0.29, 0.717) is 22.0 Å². The van der Waals surface area contributed by atoms with Crippen LogP contribution in [0.3, 0.4) is 0 Å². The fourth-order valence-electron chi connectivity index (χ4n) is 1.63. The van der Waals surface area contributed by atoms with E-state index in [2.05, 4.69) is 10.4 Å². The molecule has 0 saturated heterocycles. The monoisotopic (exact) mass is 274 g/mol. The molecule has 1 aromatic heterocycles. The summed E-state index contributed by atoms with van der Waals surface area (Å²) >= 11 is 5.91. The average Bonchev–Trinajstić information content (AvgIpc) is 2.74. The summed E-state index contributed by atoms with van der Waals surface area (Å²) in [6.45, 7) is 1.82. The summed E-state index contributed by atoms with van der Waals surface area (Å²) < 4.78 is 1.44. The second kappa shape index (κ2) is 5.12. The van der Waals surface area contributed by atoms with Crippen LogP contribution in [0, 0.1) is 18.3 Å². The van der Waals surface area contributed by atoms with Gasteiger partial charge in [0.1, 0.15) is 17.5 Å². The average molecular weight is 275 g/mol. The lowest BCUT2D eigenvalue weighted by Crippen LogP contribution is -2.15. The number of anilines is 1. The first-order valence-corrected chi connectivity index (χ1v) is 5.90. The molecule has 5 nitrogen and oxygen atoms in total. The van der Waals surface area contributed by atoms with Gasteiger partial charge in [-0.3, -0.25) is 9.48 Å². The molecule has 96 valence electrons. The van der Waals surface area contributed by atoms with Crippen LogP contribution in [0.1, 0.15) is 21.5 Å². The van der Waals surface area contributed by atoms with Gasteiger partial charge in [0.05, 0.1) is 6.20 Å². The smallest absolute Gasteiger partial charge is 0.256 e. The number of rotatable bonds is 2. The number of aryl methyl sites for hydroxylation is 2. The predicted molar refractivity (Wildman–Crippen MR) is 72.1 cm³/mol. The number of hydrogen-bond acceptors (Lipinski definition) is 3. The van der Waals surface area contributed by atoms with E-state index in [9.17, 15) is 4.79 Å². The van der Waals surface area contributed by atoms with Crippen molar-refractivity contribution in [1.82, 2.24) is 9.78 Å². The van der Waals surface area contributed by atoms with Crippen LogP contribution in [0.5, 0.6) is 0 Å². The Kier molecular flexibility index (Phi) is 3.54. The Morgan fingerprint density at radius 3 is 2.89 bits per heavy atom. The van der Waals surface area contributed by atoms with E-state index in [1.54, 1.807) is 25.2 Å². The quantitative estimate of drug-likeness (QED) is 0.915. The van der Waals surface area contributed by atoms with Gasteiger partial charge in [0.25, 0.3) is 5.91 Å². The standard InChI is InChI=1S/C13H11ClN4O/c1-8-5-9(3-4-11(8)14)13(19)17-12-10(6-15)7-16-18(12)2/h3-5,7H,1-2H3,(H,17,19). The zero-order chi connectivity index (χ0) is 14.0. The van der Waals surface area contributed by atoms with Crippen molar-refractivity contribution >= 4 is 23.3 Å². The minimum atomic E-state index is -0.306. The number of nitrogens with zero attached hydrogens (tertiary/aromatic N) is 3. The topological polar surface area (TPSA) is 70.7 Å². The summed E-state index contributed by atoms with van der Waals surface area (Å²) in [7, 11) is 1.66. The molecule has 0 fully saturated rings. The molecule has 0 spiro atoms. The summed E-state index contributed by atoms with van der Waals surface area (Å²) in [6.07, 6.45) is 1.41. The van der Waals surface area contributed by atoms with Gasteiger partial charge in [0, 0.05) is 17.6 Å². The minimum absolute atomic E-state index is 0.306. The molecule has 1 aromatic carbocycles. The van der Waals surface area contributed by atoms with Crippen LogP contribution in [0.15, 0.2) is 24.4 Å². The van der Waals surface area contributed by atoms with Gasteiger partial charge in [-0.15, -0.1) is 0 Å². The summed E-state index contributed by atoms with van der Waals surface area (Å²) in [5.74, 6) is 0.0694. The highest BCUT2D eigenvalue weighted by Gasteiger charge is 2.13. The van der Waals surface area contributed by atoms with Crippen molar-refractivity contribution in [3.05, 3.63) is 46.1 Å². The first-order valence-electron chi connectivity index (χ1n) is 5.52. The Bertz CT molecular complexity index is 684. The van der Waals surface area contributed by atoms with Crippen molar-refractivity contribution in [3.63, 3.8) is 0 Å². The molecule has 0 atom stereocenters. The zero-order valence-electron chi connectivity index (χ0n) is 10.4. The van der Waals surface area contributed by atoms with Gasteiger partial charge in [-0.1, -0.05) is 11.6 Å². The maximum Gasteiger partial charge on any atom is 0.256 e. The minimum Gasteiger partial charge on any atom is -0.306 e. The van der Waals surface area contributed by atoms with Crippen molar-refractivity contribution in [2.45, 2.75) is 6.92 Å². The molecule has 0 aliphatic rings. The highest BCUT2D eigenvalue weighted by Crippen LogP contribution is 2.18. The van der Waals surface area contributed by atoms with Crippen LogP contribution >= 0.6 is 11.6 Å². The van der Waals surface area contributed by atoms with Gasteiger partial charge < -0.3 is 5.32 Å². The molecular formula is C13H11ClN4O. The molecule has 0 saturated carbocycles. The van der Waals surface area contributed by atoms with Gasteiger partial charge in [0.2, 0.25) is 0 Å². The second-order valence-electron chi connectivity index (χ2n) is 4.06. The summed E-state index contributed by atoms with van der Waals surface area (Å²) in [5, 5.41) is 16.1. The van der Waals surface area contributed by atoms with E-state index in [1.165, 1.54) is 10.9 Å². The van der Waals surface area contributed by atoms with E-state index in [-0.39, 0.29) is 5.91 Å². The Balaban J connectivity index is 2.28. The van der Waals surface area contributed by atoms with Crippen molar-refractivity contribution in [2.24, 2.45) is 7.05 Å². The van der Waals surface area contributed by atoms with Gasteiger partial charge >= 0.3 is 0 Å². The molecule has 19 heavy (non-hydrogen) atoms. The first-order chi connectivity index (χ1) is 9.02. The highest BCUT2D eigenvalue weighted by atomic mass is 35.5. The molecule has 2 rings (SSSR count). The normalized spacial score (nSPS) is 10.0. The molecule has 0 bridgehead atoms. The van der Waals surface area contributed by atoms with Gasteiger partial charge in [-0.2, -0.15) is 10.4 Å². The van der Waals surface area contributed by atoms with Crippen molar-refractivity contribution in [3.8, 4) is 6.07 Å². The van der Waals surface area contributed by atoms with E-state index in [0.717, 1.165) is 5.56 Å². The number of aromatic nitrogens is 2. The third-order valence-electron chi connectivity index (χ3n) is 2.71. The van der Waals surface area contributed by atoms with Gasteiger partial charge in [-0.05, 0) is 30.7 Å². The van der Waals surface area contributed by atoms with Crippen LogP contribution in [0.2, 0.25) is 5.02 Å². The van der Waals surface area contributed by atoms with Crippen LogP contribution in [-0.4, -0.2) is 15.7 Å². The summed E-state index contributed by atoms with van der Waals surface area (Å²) in [5.41, 5.74) is 1.62. The fourth-order valence-corrected chi connectivity index (χ4v) is 1.75. The van der Waals surface area contributed by atoms with Crippen LogP contribution in [0.25, 0.3) is 0 Å². The number of nitriles is 1. The second-order valence-corrected chi connectivity index (χ2v) is 4.47. The maximum atomic E-state index is 12.1. The van der Waals surface area contributed by atoms with Crippen molar-refractivity contribution in [1.29, 1.82) is 5.26 Å². The number of hydrogen-bond donors (Lipinski definition) is 1. The summed E-state index contributed by atoms with van der Waals surface area (Å²) in [6, 6.07) is 6.97. The molecule has 1 amide bonds. The van der Waals surface area contributed by atoms with E-state index >= 15 is 0 Å². The third-order valence-corrected chi connectivity index (χ3v) is 3.14. The molecule has 6 heteroatoms. The number of benzene rings is 1. The van der Waals surface area contributed by atoms with Crippen molar-refractivity contribution in [2.75, 3.05) is 5.32 Å². The Morgan fingerprint density at radius 2 is 2.26 bits per heavy atom. The summed E-state index contributed by atoms with van der Waals surface area (Å²) in [4.78, 5) is 12.1. The molecule has 1 heterocycles. The van der Waals surface area contributed by atoms with E-state index < -0.39 is 0 Å². The Labute approximate surface area is 115 Å². The Hall–Kier alpha value is -2.32. The third kappa shape index (κ3) is 2.59. The molecule has 0 aliphatic carbocycles. The molecule has 1 N–H and O–H groups in total. The molecule has 0 aliphatic heterocycles. The number of carbonyl (C=O) groups is 1. The molecule has 0 radical (unpaired) electrons. The molecule has 0 unspecified atom stereocenters. The maximum absolute atomic E-state index is 12.1. The highest BCUT2D eigenvalue weighted by molar-refractivity contribution is 6.31. The predicted octanol–water partition coefficient (Wildman–Crippen LogP) is 2.51. The number of nitrogens with one attached hydrogen (secondary N) is 1. The van der Waals surface area contributed by atoms with Crippen LogP contribution in [0.4, 0.5) is 5.82 Å². The van der Waals surface area contributed by atoms with Crippen molar-refractivity contribution < 1.29 is 4.79 Å². The number of amides is 1. The zero-order valence-corrected chi connectivity index (χ0v) is 11.2. The van der Waals surface area contributed by atoms with Gasteiger partial charge in [-0.25, -0.2) is 0 Å². The van der Waals surface area contributed by atoms with E-state index in [4.69, 9.17) is 16.9 Å². The van der Waals surface area contributed by atoms with Crippen LogP contribution in [-0.2, 0) is 7.05 Å².